The Morgan fingerprint density at radius 3 is 2.67 bits per heavy atom. The molecule has 0 spiro atoms. The zero-order chi connectivity index (χ0) is 19.2. The van der Waals surface area contributed by atoms with Crippen LogP contribution >= 0.6 is 0 Å². The molecule has 27 heavy (non-hydrogen) atoms. The standard InChI is InChI=1S/C22H26N2O3/c1-3-13-27-20-12-8-6-10-18(20)23-22(26)17-14-21(25)24(15-17)19-11-7-5-9-16(19)4-2/h5-12,17H,3-4,13-15H2,1-2H3,(H,23,26). The largest absolute Gasteiger partial charge is 0.491 e. The lowest BCUT2D eigenvalue weighted by molar-refractivity contribution is -0.122. The Bertz CT molecular complexity index is 819. The van der Waals surface area contributed by atoms with Gasteiger partial charge in [0.2, 0.25) is 11.8 Å². The number of ether oxygens (including phenoxy) is 1. The summed E-state index contributed by atoms with van der Waals surface area (Å²) in [5.41, 5.74) is 2.67. The van der Waals surface area contributed by atoms with E-state index in [-0.39, 0.29) is 24.2 Å². The number of nitrogens with one attached hydrogen (secondary N) is 1. The Labute approximate surface area is 160 Å². The first-order valence-electron chi connectivity index (χ1n) is 9.55. The van der Waals surface area contributed by atoms with Crippen LogP contribution in [-0.4, -0.2) is 25.0 Å². The minimum Gasteiger partial charge on any atom is -0.491 e. The lowest BCUT2D eigenvalue weighted by Crippen LogP contribution is -2.28. The number of para-hydroxylation sites is 3. The summed E-state index contributed by atoms with van der Waals surface area (Å²) < 4.78 is 5.70. The van der Waals surface area contributed by atoms with Crippen LogP contribution < -0.4 is 15.0 Å². The van der Waals surface area contributed by atoms with E-state index in [4.69, 9.17) is 4.74 Å². The zero-order valence-electron chi connectivity index (χ0n) is 15.9. The lowest BCUT2D eigenvalue weighted by atomic mass is 10.1. The third-order valence-electron chi connectivity index (χ3n) is 4.77. The molecule has 142 valence electrons. The number of aryl methyl sites for hydroxylation is 1. The van der Waals surface area contributed by atoms with Gasteiger partial charge in [0.25, 0.3) is 0 Å². The van der Waals surface area contributed by atoms with Gasteiger partial charge in [0.05, 0.1) is 18.2 Å². The Morgan fingerprint density at radius 2 is 1.89 bits per heavy atom. The van der Waals surface area contributed by atoms with Gasteiger partial charge in [0.15, 0.2) is 0 Å². The second kappa shape index (κ2) is 8.71. The van der Waals surface area contributed by atoms with Crippen LogP contribution in [0.1, 0.15) is 32.3 Å². The monoisotopic (exact) mass is 366 g/mol. The smallest absolute Gasteiger partial charge is 0.229 e. The number of amides is 2. The van der Waals surface area contributed by atoms with Crippen LogP contribution in [0.2, 0.25) is 0 Å². The van der Waals surface area contributed by atoms with Gasteiger partial charge in [-0.1, -0.05) is 44.2 Å². The summed E-state index contributed by atoms with van der Waals surface area (Å²) in [6, 6.07) is 15.3. The summed E-state index contributed by atoms with van der Waals surface area (Å²) in [5, 5.41) is 2.94. The first-order chi connectivity index (χ1) is 13.1. The van der Waals surface area contributed by atoms with E-state index in [9.17, 15) is 9.59 Å². The maximum Gasteiger partial charge on any atom is 0.229 e. The second-order valence-corrected chi connectivity index (χ2v) is 6.72. The molecule has 0 radical (unpaired) electrons. The van der Waals surface area contributed by atoms with Gasteiger partial charge < -0.3 is 15.0 Å². The van der Waals surface area contributed by atoms with Crippen molar-refractivity contribution in [3.05, 3.63) is 54.1 Å². The van der Waals surface area contributed by atoms with Gasteiger partial charge >= 0.3 is 0 Å². The summed E-state index contributed by atoms with van der Waals surface area (Å²) in [6.45, 7) is 5.10. The molecule has 5 heteroatoms. The molecule has 0 saturated carbocycles. The molecular formula is C22H26N2O3. The number of nitrogens with zero attached hydrogens (tertiary/aromatic N) is 1. The Hall–Kier alpha value is -2.82. The van der Waals surface area contributed by atoms with Gasteiger partial charge in [-0.25, -0.2) is 0 Å². The van der Waals surface area contributed by atoms with Crippen molar-refractivity contribution in [1.82, 2.24) is 0 Å². The van der Waals surface area contributed by atoms with Crippen molar-refractivity contribution in [1.29, 1.82) is 0 Å². The number of rotatable bonds is 7. The molecular weight excluding hydrogens is 340 g/mol. The third kappa shape index (κ3) is 4.30. The number of anilines is 2. The van der Waals surface area contributed by atoms with Crippen LogP contribution in [0, 0.1) is 5.92 Å². The fraction of sp³-hybridized carbons (Fsp3) is 0.364. The van der Waals surface area contributed by atoms with Gasteiger partial charge in [0, 0.05) is 18.7 Å². The van der Waals surface area contributed by atoms with E-state index in [1.807, 2.05) is 55.5 Å². The quantitative estimate of drug-likeness (QED) is 0.805. The number of hydrogen-bond donors (Lipinski definition) is 1. The average Bonchev–Trinajstić information content (AvgIpc) is 3.09. The highest BCUT2D eigenvalue weighted by Gasteiger charge is 2.36. The molecule has 5 nitrogen and oxygen atoms in total. The van der Waals surface area contributed by atoms with Crippen LogP contribution in [0.4, 0.5) is 11.4 Å². The topological polar surface area (TPSA) is 58.6 Å². The Kier molecular flexibility index (Phi) is 6.12. The fourth-order valence-corrected chi connectivity index (χ4v) is 3.33. The molecule has 1 heterocycles. The van der Waals surface area contributed by atoms with E-state index >= 15 is 0 Å². The van der Waals surface area contributed by atoms with E-state index < -0.39 is 0 Å². The van der Waals surface area contributed by atoms with E-state index in [2.05, 4.69) is 12.2 Å². The summed E-state index contributed by atoms with van der Waals surface area (Å²) in [6.07, 6.45) is 1.96. The third-order valence-corrected chi connectivity index (χ3v) is 4.77. The van der Waals surface area contributed by atoms with Crippen LogP contribution in [0.25, 0.3) is 0 Å². The van der Waals surface area contributed by atoms with Crippen molar-refractivity contribution in [2.24, 2.45) is 5.92 Å². The minimum absolute atomic E-state index is 0.00781. The molecule has 1 N–H and O–H groups in total. The molecule has 1 aliphatic rings. The van der Waals surface area contributed by atoms with Crippen molar-refractivity contribution in [2.45, 2.75) is 33.1 Å². The van der Waals surface area contributed by atoms with Crippen molar-refractivity contribution in [3.63, 3.8) is 0 Å². The highest BCUT2D eigenvalue weighted by molar-refractivity contribution is 6.04. The van der Waals surface area contributed by atoms with Crippen LogP contribution in [0.15, 0.2) is 48.5 Å². The van der Waals surface area contributed by atoms with Gasteiger partial charge in [0.1, 0.15) is 5.75 Å². The van der Waals surface area contributed by atoms with E-state index in [0.717, 1.165) is 24.1 Å². The summed E-state index contributed by atoms with van der Waals surface area (Å²) in [5.74, 6) is 0.130. The van der Waals surface area contributed by atoms with Gasteiger partial charge in [-0.15, -0.1) is 0 Å². The lowest BCUT2D eigenvalue weighted by Gasteiger charge is -2.20. The molecule has 3 rings (SSSR count). The molecule has 2 aromatic carbocycles. The van der Waals surface area contributed by atoms with Gasteiger partial charge in [-0.2, -0.15) is 0 Å². The molecule has 2 amide bonds. The first kappa shape index (κ1) is 19.0. The SMILES string of the molecule is CCCOc1ccccc1NC(=O)C1CC(=O)N(c2ccccc2CC)C1. The van der Waals surface area contributed by atoms with Gasteiger partial charge in [-0.3, -0.25) is 9.59 Å². The average molecular weight is 366 g/mol. The maximum absolute atomic E-state index is 12.8. The predicted molar refractivity (Wildman–Crippen MR) is 107 cm³/mol. The van der Waals surface area contributed by atoms with E-state index in [1.165, 1.54) is 0 Å². The normalized spacial score (nSPS) is 16.4. The molecule has 0 aliphatic carbocycles. The van der Waals surface area contributed by atoms with E-state index in [0.29, 0.717) is 24.6 Å². The number of hydrogen-bond acceptors (Lipinski definition) is 3. The Balaban J connectivity index is 1.71. The molecule has 1 atom stereocenters. The molecule has 1 fully saturated rings. The van der Waals surface area contributed by atoms with Crippen LogP contribution in [0.3, 0.4) is 0 Å². The summed E-state index contributed by atoms with van der Waals surface area (Å²) in [7, 11) is 0. The van der Waals surface area contributed by atoms with Crippen molar-refractivity contribution in [2.75, 3.05) is 23.4 Å². The summed E-state index contributed by atoms with van der Waals surface area (Å²) >= 11 is 0. The molecule has 0 aromatic heterocycles. The molecule has 1 unspecified atom stereocenters. The minimum atomic E-state index is -0.373. The Morgan fingerprint density at radius 1 is 1.15 bits per heavy atom. The molecule has 0 bridgehead atoms. The molecule has 1 saturated heterocycles. The number of carbonyl (C=O) groups excluding carboxylic acids is 2. The maximum atomic E-state index is 12.8. The van der Waals surface area contributed by atoms with E-state index in [1.54, 1.807) is 4.90 Å². The predicted octanol–water partition coefficient (Wildman–Crippen LogP) is 4.03. The molecule has 2 aromatic rings. The van der Waals surface area contributed by atoms with Gasteiger partial charge in [-0.05, 0) is 36.6 Å². The van der Waals surface area contributed by atoms with Crippen molar-refractivity contribution >= 4 is 23.2 Å². The fourth-order valence-electron chi connectivity index (χ4n) is 3.33. The van der Waals surface area contributed by atoms with Crippen LogP contribution in [0.5, 0.6) is 5.75 Å². The number of benzene rings is 2. The second-order valence-electron chi connectivity index (χ2n) is 6.72. The molecule has 1 aliphatic heterocycles. The van der Waals surface area contributed by atoms with Crippen molar-refractivity contribution < 1.29 is 14.3 Å². The highest BCUT2D eigenvalue weighted by Crippen LogP contribution is 2.30. The van der Waals surface area contributed by atoms with Crippen LogP contribution in [-0.2, 0) is 16.0 Å². The summed E-state index contributed by atoms with van der Waals surface area (Å²) in [4.78, 5) is 27.1. The number of carbonyl (C=O) groups is 2. The first-order valence-corrected chi connectivity index (χ1v) is 9.55. The van der Waals surface area contributed by atoms with Crippen molar-refractivity contribution in [3.8, 4) is 5.75 Å². The highest BCUT2D eigenvalue weighted by atomic mass is 16.5. The zero-order valence-corrected chi connectivity index (χ0v) is 15.9.